The van der Waals surface area contributed by atoms with Crippen LogP contribution in [-0.2, 0) is 6.54 Å². The average molecular weight is 273 g/mol. The summed E-state index contributed by atoms with van der Waals surface area (Å²) in [5, 5.41) is 3.24. The maximum Gasteiger partial charge on any atom is 0.124 e. The van der Waals surface area contributed by atoms with Gasteiger partial charge in [0.25, 0.3) is 0 Å². The van der Waals surface area contributed by atoms with Gasteiger partial charge in [-0.2, -0.15) is 0 Å². The number of rotatable bonds is 3. The van der Waals surface area contributed by atoms with Gasteiger partial charge < -0.3 is 5.32 Å². The lowest BCUT2D eigenvalue weighted by atomic mass is 10.1. The zero-order valence-corrected chi connectivity index (χ0v) is 10.2. The van der Waals surface area contributed by atoms with Crippen LogP contribution in [0.4, 0.5) is 4.39 Å². The van der Waals surface area contributed by atoms with Crippen molar-refractivity contribution < 1.29 is 4.39 Å². The van der Waals surface area contributed by atoms with E-state index < -0.39 is 0 Å². The molecule has 1 aliphatic rings. The summed E-state index contributed by atoms with van der Waals surface area (Å²) in [4.78, 5) is 2.29. The van der Waals surface area contributed by atoms with Crippen LogP contribution in [0, 0.1) is 5.82 Å². The van der Waals surface area contributed by atoms with Crippen LogP contribution in [0.25, 0.3) is 0 Å². The Labute approximate surface area is 97.6 Å². The van der Waals surface area contributed by atoms with Crippen LogP contribution in [0.2, 0.25) is 0 Å². The zero-order chi connectivity index (χ0) is 10.8. The van der Waals surface area contributed by atoms with E-state index in [2.05, 4.69) is 33.2 Å². The first-order valence-electron chi connectivity index (χ1n) is 5.01. The largest absolute Gasteiger partial charge is 0.314 e. The van der Waals surface area contributed by atoms with Crippen molar-refractivity contribution >= 4 is 15.9 Å². The second-order valence-corrected chi connectivity index (χ2v) is 4.82. The number of hydrogen-bond acceptors (Lipinski definition) is 2. The first-order valence-corrected chi connectivity index (χ1v) is 5.81. The lowest BCUT2D eigenvalue weighted by Crippen LogP contribution is -2.55. The SMILES string of the molecule is CN(Cc1ccc(F)cc1Br)C1CNC1. The van der Waals surface area contributed by atoms with E-state index in [0.29, 0.717) is 6.04 Å². The highest BCUT2D eigenvalue weighted by atomic mass is 79.9. The molecule has 1 aliphatic heterocycles. The molecule has 1 saturated heterocycles. The molecule has 0 unspecified atom stereocenters. The van der Waals surface area contributed by atoms with Crippen molar-refractivity contribution in [1.29, 1.82) is 0 Å². The van der Waals surface area contributed by atoms with E-state index in [1.165, 1.54) is 12.1 Å². The molecule has 0 radical (unpaired) electrons. The maximum absolute atomic E-state index is 12.9. The molecule has 0 aliphatic carbocycles. The lowest BCUT2D eigenvalue weighted by molar-refractivity contribution is 0.173. The van der Waals surface area contributed by atoms with E-state index in [-0.39, 0.29) is 5.82 Å². The molecule has 1 aromatic carbocycles. The number of halogens is 2. The minimum absolute atomic E-state index is 0.196. The van der Waals surface area contributed by atoms with Crippen LogP contribution in [0.5, 0.6) is 0 Å². The predicted molar refractivity (Wildman–Crippen MR) is 62.2 cm³/mol. The summed E-state index contributed by atoms with van der Waals surface area (Å²) in [6.45, 7) is 2.96. The van der Waals surface area contributed by atoms with E-state index in [0.717, 1.165) is 29.7 Å². The molecule has 1 N–H and O–H groups in total. The molecule has 0 aromatic heterocycles. The average Bonchev–Trinajstić information content (AvgIpc) is 2.07. The second-order valence-electron chi connectivity index (χ2n) is 3.96. The van der Waals surface area contributed by atoms with Crippen LogP contribution in [0.3, 0.4) is 0 Å². The number of nitrogens with zero attached hydrogens (tertiary/aromatic N) is 1. The fraction of sp³-hybridized carbons (Fsp3) is 0.455. The molecule has 0 saturated carbocycles. The third-order valence-corrected chi connectivity index (χ3v) is 3.56. The Hall–Kier alpha value is -0.450. The summed E-state index contributed by atoms with van der Waals surface area (Å²) in [6, 6.07) is 5.47. The minimum Gasteiger partial charge on any atom is -0.314 e. The standard InChI is InChI=1S/C11H14BrFN2/c1-15(10-5-14-6-10)7-8-2-3-9(13)4-11(8)12/h2-4,10,14H,5-7H2,1H3. The third kappa shape index (κ3) is 2.56. The summed E-state index contributed by atoms with van der Waals surface area (Å²) >= 11 is 3.38. The fourth-order valence-corrected chi connectivity index (χ4v) is 2.11. The number of nitrogens with one attached hydrogen (secondary N) is 1. The molecule has 0 bridgehead atoms. The highest BCUT2D eigenvalue weighted by Gasteiger charge is 2.21. The van der Waals surface area contributed by atoms with Crippen molar-refractivity contribution in [3.8, 4) is 0 Å². The van der Waals surface area contributed by atoms with Gasteiger partial charge in [-0.1, -0.05) is 22.0 Å². The van der Waals surface area contributed by atoms with E-state index in [4.69, 9.17) is 0 Å². The zero-order valence-electron chi connectivity index (χ0n) is 8.63. The van der Waals surface area contributed by atoms with Crippen LogP contribution < -0.4 is 5.32 Å². The monoisotopic (exact) mass is 272 g/mol. The number of hydrogen-bond donors (Lipinski definition) is 1. The van der Waals surface area contributed by atoms with Crippen molar-refractivity contribution in [3.63, 3.8) is 0 Å². The first-order chi connectivity index (χ1) is 7.16. The molecule has 2 rings (SSSR count). The van der Waals surface area contributed by atoms with Crippen molar-refractivity contribution in [2.45, 2.75) is 12.6 Å². The van der Waals surface area contributed by atoms with Gasteiger partial charge in [0.05, 0.1) is 0 Å². The summed E-state index contributed by atoms with van der Waals surface area (Å²) in [7, 11) is 2.10. The summed E-state index contributed by atoms with van der Waals surface area (Å²) in [5.41, 5.74) is 1.13. The number of likely N-dealkylation sites (N-methyl/N-ethyl adjacent to an activating group) is 1. The molecule has 82 valence electrons. The molecular formula is C11H14BrFN2. The topological polar surface area (TPSA) is 15.3 Å². The second kappa shape index (κ2) is 4.60. The van der Waals surface area contributed by atoms with Crippen molar-refractivity contribution in [3.05, 3.63) is 34.1 Å². The Balaban J connectivity index is 2.03. The molecule has 15 heavy (non-hydrogen) atoms. The van der Waals surface area contributed by atoms with Gasteiger partial charge in [-0.05, 0) is 24.7 Å². The normalized spacial score (nSPS) is 16.8. The van der Waals surface area contributed by atoms with Gasteiger partial charge in [-0.15, -0.1) is 0 Å². The Morgan fingerprint density at radius 2 is 2.27 bits per heavy atom. The Kier molecular flexibility index (Phi) is 3.38. The molecule has 0 atom stereocenters. The first kappa shape index (κ1) is 11.0. The number of benzene rings is 1. The molecule has 4 heteroatoms. The molecular weight excluding hydrogens is 259 g/mol. The van der Waals surface area contributed by atoms with Gasteiger partial charge in [0.2, 0.25) is 0 Å². The molecule has 1 fully saturated rings. The molecule has 1 heterocycles. The van der Waals surface area contributed by atoms with Gasteiger partial charge in [0, 0.05) is 30.1 Å². The van der Waals surface area contributed by atoms with E-state index in [1.807, 2.05) is 6.07 Å². The Morgan fingerprint density at radius 1 is 1.53 bits per heavy atom. The van der Waals surface area contributed by atoms with Gasteiger partial charge in [0.15, 0.2) is 0 Å². The fourth-order valence-electron chi connectivity index (χ4n) is 1.63. The van der Waals surface area contributed by atoms with E-state index >= 15 is 0 Å². The van der Waals surface area contributed by atoms with Gasteiger partial charge in [-0.25, -0.2) is 4.39 Å². The Bertz CT molecular complexity index is 352. The summed E-state index contributed by atoms with van der Waals surface area (Å²) in [6.07, 6.45) is 0. The van der Waals surface area contributed by atoms with Gasteiger partial charge in [0.1, 0.15) is 5.82 Å². The smallest absolute Gasteiger partial charge is 0.124 e. The van der Waals surface area contributed by atoms with Gasteiger partial charge in [-0.3, -0.25) is 4.90 Å². The van der Waals surface area contributed by atoms with Crippen LogP contribution in [0.15, 0.2) is 22.7 Å². The lowest BCUT2D eigenvalue weighted by Gasteiger charge is -2.35. The van der Waals surface area contributed by atoms with E-state index in [1.54, 1.807) is 0 Å². The molecule has 0 amide bonds. The van der Waals surface area contributed by atoms with E-state index in [9.17, 15) is 4.39 Å². The maximum atomic E-state index is 12.9. The predicted octanol–water partition coefficient (Wildman–Crippen LogP) is 1.99. The highest BCUT2D eigenvalue weighted by molar-refractivity contribution is 9.10. The van der Waals surface area contributed by atoms with Crippen molar-refractivity contribution in [1.82, 2.24) is 10.2 Å². The van der Waals surface area contributed by atoms with Crippen molar-refractivity contribution in [2.24, 2.45) is 0 Å². The highest BCUT2D eigenvalue weighted by Crippen LogP contribution is 2.20. The quantitative estimate of drug-likeness (QED) is 0.906. The van der Waals surface area contributed by atoms with Gasteiger partial charge >= 0.3 is 0 Å². The van der Waals surface area contributed by atoms with Crippen molar-refractivity contribution in [2.75, 3.05) is 20.1 Å². The Morgan fingerprint density at radius 3 is 2.80 bits per heavy atom. The molecule has 1 aromatic rings. The molecule has 2 nitrogen and oxygen atoms in total. The summed E-state index contributed by atoms with van der Waals surface area (Å²) in [5.74, 6) is -0.196. The molecule has 0 spiro atoms. The van der Waals surface area contributed by atoms with Crippen LogP contribution >= 0.6 is 15.9 Å². The van der Waals surface area contributed by atoms with Crippen LogP contribution in [-0.4, -0.2) is 31.1 Å². The summed E-state index contributed by atoms with van der Waals surface area (Å²) < 4.78 is 13.7. The van der Waals surface area contributed by atoms with Crippen LogP contribution in [0.1, 0.15) is 5.56 Å². The third-order valence-electron chi connectivity index (χ3n) is 2.82. The minimum atomic E-state index is -0.196.